The number of nitrogens with one attached hydrogen (secondary N) is 2. The third-order valence-corrected chi connectivity index (χ3v) is 6.19. The van der Waals surface area contributed by atoms with Gasteiger partial charge in [0.05, 0.1) is 12.3 Å². The molecule has 0 saturated heterocycles. The number of fused-ring (bicyclic) bond motifs is 1. The van der Waals surface area contributed by atoms with E-state index in [1.807, 2.05) is 30.3 Å². The molecule has 7 heteroatoms. The van der Waals surface area contributed by atoms with E-state index in [0.717, 1.165) is 29.7 Å². The average molecular weight is 401 g/mol. The summed E-state index contributed by atoms with van der Waals surface area (Å²) in [6.07, 6.45) is 3.45. The highest BCUT2D eigenvalue weighted by atomic mass is 32.2. The van der Waals surface area contributed by atoms with E-state index in [1.54, 1.807) is 13.8 Å². The minimum atomic E-state index is -3.39. The average Bonchev–Trinajstić information content (AvgIpc) is 3.07. The van der Waals surface area contributed by atoms with Gasteiger partial charge in [0.1, 0.15) is 0 Å². The van der Waals surface area contributed by atoms with Crippen molar-refractivity contribution in [2.24, 2.45) is 10.7 Å². The van der Waals surface area contributed by atoms with E-state index in [-0.39, 0.29) is 11.8 Å². The summed E-state index contributed by atoms with van der Waals surface area (Å²) in [6, 6.07) is 13.6. The summed E-state index contributed by atoms with van der Waals surface area (Å²) < 4.78 is 27.1. The van der Waals surface area contributed by atoms with Gasteiger partial charge in [0.15, 0.2) is 5.96 Å². The highest BCUT2D eigenvalue weighted by molar-refractivity contribution is 7.88. The van der Waals surface area contributed by atoms with Gasteiger partial charge in [-0.05, 0) is 67.5 Å². The Bertz CT molecular complexity index is 968. The van der Waals surface area contributed by atoms with Gasteiger partial charge in [0.2, 0.25) is 10.0 Å². The first-order valence-electron chi connectivity index (χ1n) is 9.58. The third kappa shape index (κ3) is 5.56. The van der Waals surface area contributed by atoms with E-state index in [0.29, 0.717) is 12.5 Å². The summed E-state index contributed by atoms with van der Waals surface area (Å²) in [5, 5.41) is 3.13. The maximum absolute atomic E-state index is 12.3. The summed E-state index contributed by atoms with van der Waals surface area (Å²) in [6.45, 7) is 3.93. The Balaban J connectivity index is 1.68. The maximum Gasteiger partial charge on any atom is 0.216 e. The van der Waals surface area contributed by atoms with Crippen molar-refractivity contribution in [1.82, 2.24) is 4.72 Å². The molecule has 0 fully saturated rings. The van der Waals surface area contributed by atoms with Crippen LogP contribution >= 0.6 is 0 Å². The van der Waals surface area contributed by atoms with Crippen molar-refractivity contribution in [3.63, 3.8) is 0 Å². The smallest absolute Gasteiger partial charge is 0.216 e. The molecular weight excluding hydrogens is 372 g/mol. The van der Waals surface area contributed by atoms with Gasteiger partial charge >= 0.3 is 0 Å². The molecule has 4 N–H and O–H groups in total. The van der Waals surface area contributed by atoms with Gasteiger partial charge in [-0.3, -0.25) is 0 Å². The summed E-state index contributed by atoms with van der Waals surface area (Å²) in [5.41, 5.74) is 11.3. The quantitative estimate of drug-likeness (QED) is 0.492. The van der Waals surface area contributed by atoms with Crippen molar-refractivity contribution in [2.45, 2.75) is 51.4 Å². The molecule has 6 nitrogen and oxygen atoms in total. The predicted molar refractivity (Wildman–Crippen MR) is 115 cm³/mol. The van der Waals surface area contributed by atoms with Crippen LogP contribution < -0.4 is 15.8 Å². The molecule has 0 radical (unpaired) electrons. The normalized spacial score (nSPS) is 14.3. The van der Waals surface area contributed by atoms with Crippen LogP contribution in [0.3, 0.4) is 0 Å². The zero-order valence-electron chi connectivity index (χ0n) is 16.4. The number of hydrogen-bond acceptors (Lipinski definition) is 3. The Kier molecular flexibility index (Phi) is 6.36. The molecule has 2 aromatic rings. The Morgan fingerprint density at radius 3 is 2.57 bits per heavy atom. The second-order valence-corrected chi connectivity index (χ2v) is 9.22. The van der Waals surface area contributed by atoms with Crippen LogP contribution in [0.2, 0.25) is 0 Å². The molecule has 0 aromatic heterocycles. The Morgan fingerprint density at radius 2 is 1.82 bits per heavy atom. The topological polar surface area (TPSA) is 96.6 Å². The first kappa shape index (κ1) is 20.4. The minimum Gasteiger partial charge on any atom is -0.370 e. The van der Waals surface area contributed by atoms with E-state index >= 15 is 0 Å². The molecule has 0 unspecified atom stereocenters. The zero-order chi connectivity index (χ0) is 20.1. The summed E-state index contributed by atoms with van der Waals surface area (Å²) in [7, 11) is -3.39. The van der Waals surface area contributed by atoms with Gasteiger partial charge in [-0.1, -0.05) is 30.3 Å². The molecule has 1 aliphatic rings. The number of rotatable bonds is 7. The van der Waals surface area contributed by atoms with Crippen LogP contribution in [0, 0.1) is 0 Å². The summed E-state index contributed by atoms with van der Waals surface area (Å²) in [4.78, 5) is 4.40. The highest BCUT2D eigenvalue weighted by Crippen LogP contribution is 2.24. The largest absolute Gasteiger partial charge is 0.370 e. The van der Waals surface area contributed by atoms with Crippen molar-refractivity contribution in [3.8, 4) is 0 Å². The fourth-order valence-electron chi connectivity index (χ4n) is 3.47. The highest BCUT2D eigenvalue weighted by Gasteiger charge is 2.15. The number of hydrogen-bond donors (Lipinski definition) is 3. The predicted octanol–water partition coefficient (Wildman–Crippen LogP) is 2.93. The molecule has 1 aliphatic carbocycles. The second-order valence-electron chi connectivity index (χ2n) is 7.46. The van der Waals surface area contributed by atoms with Gasteiger partial charge < -0.3 is 11.1 Å². The molecule has 150 valence electrons. The van der Waals surface area contributed by atoms with Gasteiger partial charge in [0, 0.05) is 11.7 Å². The standard InChI is InChI=1S/C21H28N4O2S/c1-15(2)25-28(26,27)14-19-7-4-3-6-18(19)13-23-21(22)24-20-11-10-16-8-5-9-17(16)12-20/h3-4,6-7,10-12,15,25H,5,8-9,13-14H2,1-2H3,(H3,22,23,24). The van der Waals surface area contributed by atoms with Crippen LogP contribution in [-0.2, 0) is 35.2 Å². The Morgan fingerprint density at radius 1 is 1.11 bits per heavy atom. The molecule has 0 heterocycles. The molecule has 0 atom stereocenters. The van der Waals surface area contributed by atoms with Crippen LogP contribution in [-0.4, -0.2) is 20.4 Å². The van der Waals surface area contributed by atoms with E-state index in [2.05, 4.69) is 27.2 Å². The van der Waals surface area contributed by atoms with Crippen LogP contribution in [0.5, 0.6) is 0 Å². The van der Waals surface area contributed by atoms with Crippen molar-refractivity contribution in [1.29, 1.82) is 0 Å². The zero-order valence-corrected chi connectivity index (χ0v) is 17.2. The molecule has 0 amide bonds. The van der Waals surface area contributed by atoms with Crippen LogP contribution in [0.15, 0.2) is 47.5 Å². The lowest BCUT2D eigenvalue weighted by Gasteiger charge is -2.12. The molecular formula is C21H28N4O2S. The summed E-state index contributed by atoms with van der Waals surface area (Å²) >= 11 is 0. The number of aryl methyl sites for hydroxylation is 2. The number of aliphatic imine (C=N–C) groups is 1. The molecule has 2 aromatic carbocycles. The number of guanidine groups is 1. The van der Waals surface area contributed by atoms with E-state index in [1.165, 1.54) is 17.5 Å². The number of sulfonamides is 1. The molecule has 28 heavy (non-hydrogen) atoms. The van der Waals surface area contributed by atoms with E-state index in [9.17, 15) is 8.42 Å². The van der Waals surface area contributed by atoms with Crippen LogP contribution in [0.4, 0.5) is 5.69 Å². The first-order valence-corrected chi connectivity index (χ1v) is 11.2. The number of anilines is 1. The number of nitrogens with zero attached hydrogens (tertiary/aromatic N) is 1. The molecule has 0 saturated carbocycles. The van der Waals surface area contributed by atoms with Crippen molar-refractivity contribution < 1.29 is 8.42 Å². The fraction of sp³-hybridized carbons (Fsp3) is 0.381. The second kappa shape index (κ2) is 8.75. The van der Waals surface area contributed by atoms with Crippen molar-refractivity contribution >= 4 is 21.7 Å². The van der Waals surface area contributed by atoms with Crippen LogP contribution in [0.25, 0.3) is 0 Å². The molecule has 0 aliphatic heterocycles. The lowest BCUT2D eigenvalue weighted by molar-refractivity contribution is 0.569. The number of nitrogens with two attached hydrogens (primary N) is 1. The molecule has 3 rings (SSSR count). The maximum atomic E-state index is 12.3. The minimum absolute atomic E-state index is 0.0744. The molecule has 0 spiro atoms. The van der Waals surface area contributed by atoms with E-state index in [4.69, 9.17) is 5.73 Å². The summed E-state index contributed by atoms with van der Waals surface area (Å²) in [5.74, 6) is 0.241. The number of benzene rings is 2. The molecule has 0 bridgehead atoms. The van der Waals surface area contributed by atoms with Gasteiger partial charge in [-0.15, -0.1) is 0 Å². The van der Waals surface area contributed by atoms with E-state index < -0.39 is 10.0 Å². The van der Waals surface area contributed by atoms with Crippen LogP contribution in [0.1, 0.15) is 42.5 Å². The van der Waals surface area contributed by atoms with Gasteiger partial charge in [0.25, 0.3) is 0 Å². The first-order chi connectivity index (χ1) is 13.3. The van der Waals surface area contributed by atoms with Gasteiger partial charge in [-0.2, -0.15) is 0 Å². The lowest BCUT2D eigenvalue weighted by atomic mass is 10.1. The monoisotopic (exact) mass is 400 g/mol. The SMILES string of the molecule is CC(C)NS(=O)(=O)Cc1ccccc1CN=C(N)Nc1ccc2c(c1)CCC2. The lowest BCUT2D eigenvalue weighted by Crippen LogP contribution is -2.31. The van der Waals surface area contributed by atoms with Gasteiger partial charge in [-0.25, -0.2) is 18.1 Å². The third-order valence-electron chi connectivity index (χ3n) is 4.67. The fourth-order valence-corrected chi connectivity index (χ4v) is 4.96. The van der Waals surface area contributed by atoms with Crippen molar-refractivity contribution in [2.75, 3.05) is 5.32 Å². The Labute approximate surface area is 167 Å². The van der Waals surface area contributed by atoms with Crippen molar-refractivity contribution in [3.05, 3.63) is 64.7 Å². The Hall–Kier alpha value is -2.38.